The third-order valence-corrected chi connectivity index (χ3v) is 8.87. The number of pyridine rings is 1. The van der Waals surface area contributed by atoms with Gasteiger partial charge in [0, 0.05) is 48.1 Å². The Balaban J connectivity index is 1.31. The maximum Gasteiger partial charge on any atom is 0.415 e. The number of carbonyl (C=O) groups is 2. The summed E-state index contributed by atoms with van der Waals surface area (Å²) in [5.41, 5.74) is 3.11. The Morgan fingerprint density at radius 3 is 2.55 bits per heavy atom. The van der Waals surface area contributed by atoms with Gasteiger partial charge in [-0.15, -0.1) is 0 Å². The van der Waals surface area contributed by atoms with Gasteiger partial charge in [0.2, 0.25) is 5.91 Å². The van der Waals surface area contributed by atoms with E-state index in [0.717, 1.165) is 17.6 Å². The van der Waals surface area contributed by atoms with E-state index in [1.807, 2.05) is 23.6 Å². The van der Waals surface area contributed by atoms with Crippen molar-refractivity contribution >= 4 is 38.9 Å². The van der Waals surface area contributed by atoms with Gasteiger partial charge in [0.05, 0.1) is 22.8 Å². The Bertz CT molecular complexity index is 1880. The number of carbonyl (C=O) groups excluding carboxylic acids is 2. The van der Waals surface area contributed by atoms with E-state index in [0.29, 0.717) is 29.5 Å². The predicted molar refractivity (Wildman–Crippen MR) is 165 cm³/mol. The number of hydrogen-bond donors (Lipinski definition) is 1. The highest BCUT2D eigenvalue weighted by Crippen LogP contribution is 2.47. The molecular weight excluding hydrogens is 580 g/mol. The fourth-order valence-electron chi connectivity index (χ4n) is 5.29. The molecule has 2 atom stereocenters. The SMILES string of the molecule is Cc1ccnc([C@H]2C[C@@H]2C(=O)Nc2cc(N(Cc3cn4cc(C5CC5)ccc4n3)C(=O)OC(C)(C)C)ccc2S(C)(=O)=O)n1. The maximum absolute atomic E-state index is 13.5. The number of aryl methyl sites for hydroxylation is 1. The van der Waals surface area contributed by atoms with Gasteiger partial charge in [0.25, 0.3) is 0 Å². The van der Waals surface area contributed by atoms with Crippen LogP contribution in [0.4, 0.5) is 16.2 Å². The Morgan fingerprint density at radius 2 is 1.86 bits per heavy atom. The van der Waals surface area contributed by atoms with Crippen molar-refractivity contribution in [2.45, 2.75) is 75.8 Å². The fraction of sp³-hybridized carbons (Fsp3) is 0.406. The molecule has 12 heteroatoms. The molecule has 1 N–H and O–H groups in total. The Labute approximate surface area is 256 Å². The molecule has 2 fully saturated rings. The topological polar surface area (TPSA) is 136 Å². The molecule has 3 aromatic heterocycles. The number of nitrogens with zero attached hydrogens (tertiary/aromatic N) is 5. The summed E-state index contributed by atoms with van der Waals surface area (Å²) in [7, 11) is -3.72. The average Bonchev–Trinajstić information content (AvgIpc) is 3.86. The lowest BCUT2D eigenvalue weighted by molar-refractivity contribution is -0.117. The normalized spacial score (nSPS) is 18.2. The highest BCUT2D eigenvalue weighted by atomic mass is 32.2. The summed E-state index contributed by atoms with van der Waals surface area (Å²) >= 11 is 0. The van der Waals surface area contributed by atoms with E-state index >= 15 is 0 Å². The van der Waals surface area contributed by atoms with Gasteiger partial charge in [0.1, 0.15) is 17.1 Å². The average molecular weight is 617 g/mol. The zero-order chi connectivity index (χ0) is 31.4. The molecule has 2 aliphatic rings. The standard InChI is InChI=1S/C32H36N6O5S/c1-19-12-13-33-29(34-19)24-15-25(24)30(39)36-26-14-23(9-10-27(26)44(5,41)42)38(31(40)43-32(2,3)4)18-22-17-37-16-21(20-6-7-20)8-11-28(37)35-22/h8-14,16-17,20,24-25H,6-7,15,18H2,1-5H3,(H,36,39)/t24-,25-/m0/s1. The first-order chi connectivity index (χ1) is 20.7. The molecule has 44 heavy (non-hydrogen) atoms. The minimum Gasteiger partial charge on any atom is -0.443 e. The van der Waals surface area contributed by atoms with Gasteiger partial charge in [-0.05, 0) is 88.8 Å². The zero-order valence-electron chi connectivity index (χ0n) is 25.4. The number of amides is 2. The van der Waals surface area contributed by atoms with Gasteiger partial charge in [0.15, 0.2) is 9.84 Å². The van der Waals surface area contributed by atoms with Gasteiger partial charge in [-0.2, -0.15) is 0 Å². The summed E-state index contributed by atoms with van der Waals surface area (Å²) in [5.74, 6) is 0.301. The number of aromatic nitrogens is 4. The Morgan fingerprint density at radius 1 is 1.09 bits per heavy atom. The summed E-state index contributed by atoms with van der Waals surface area (Å²) in [6.45, 7) is 7.25. The van der Waals surface area contributed by atoms with Crippen LogP contribution in [-0.4, -0.2) is 51.6 Å². The van der Waals surface area contributed by atoms with E-state index in [2.05, 4.69) is 27.5 Å². The van der Waals surface area contributed by atoms with E-state index in [1.165, 1.54) is 41.5 Å². The summed E-state index contributed by atoms with van der Waals surface area (Å²) < 4.78 is 33.1. The Kier molecular flexibility index (Phi) is 7.43. The van der Waals surface area contributed by atoms with E-state index in [4.69, 9.17) is 9.72 Å². The van der Waals surface area contributed by atoms with Gasteiger partial charge in [-0.25, -0.2) is 28.2 Å². The van der Waals surface area contributed by atoms with Crippen LogP contribution in [0, 0.1) is 12.8 Å². The second kappa shape index (κ2) is 11.0. The van der Waals surface area contributed by atoms with Crippen LogP contribution in [0.1, 0.15) is 74.6 Å². The molecule has 6 rings (SSSR count). The molecule has 0 radical (unpaired) electrons. The molecule has 2 aliphatic carbocycles. The predicted octanol–water partition coefficient (Wildman–Crippen LogP) is 5.40. The summed E-state index contributed by atoms with van der Waals surface area (Å²) in [6.07, 6.45) is 8.99. The van der Waals surface area contributed by atoms with Crippen LogP contribution in [-0.2, 0) is 25.9 Å². The third-order valence-electron chi connectivity index (χ3n) is 7.71. The molecule has 0 spiro atoms. The zero-order valence-corrected chi connectivity index (χ0v) is 26.3. The van der Waals surface area contributed by atoms with Gasteiger partial charge in [-0.1, -0.05) is 6.07 Å². The minimum absolute atomic E-state index is 0.0527. The molecule has 3 heterocycles. The molecule has 0 unspecified atom stereocenters. The number of nitrogens with one attached hydrogen (secondary N) is 1. The quantitative estimate of drug-likeness (QED) is 0.278. The first kappa shape index (κ1) is 29.7. The molecule has 4 aromatic rings. The number of anilines is 2. The van der Waals surface area contributed by atoms with Crippen LogP contribution in [0.25, 0.3) is 5.65 Å². The Hall–Kier alpha value is -4.32. The number of benzene rings is 1. The van der Waals surface area contributed by atoms with E-state index in [1.54, 1.807) is 33.0 Å². The molecule has 230 valence electrons. The molecule has 2 saturated carbocycles. The lowest BCUT2D eigenvalue weighted by Gasteiger charge is -2.27. The van der Waals surface area contributed by atoms with Crippen LogP contribution in [0.2, 0.25) is 0 Å². The van der Waals surface area contributed by atoms with Crippen molar-refractivity contribution in [3.8, 4) is 0 Å². The van der Waals surface area contributed by atoms with Crippen molar-refractivity contribution in [1.82, 2.24) is 19.4 Å². The molecule has 1 aromatic carbocycles. The van der Waals surface area contributed by atoms with Crippen LogP contribution < -0.4 is 10.2 Å². The number of ether oxygens (including phenoxy) is 1. The number of imidazole rings is 1. The van der Waals surface area contributed by atoms with Crippen molar-refractivity contribution in [1.29, 1.82) is 0 Å². The van der Waals surface area contributed by atoms with E-state index < -0.39 is 27.4 Å². The monoisotopic (exact) mass is 616 g/mol. The molecule has 2 amide bonds. The maximum atomic E-state index is 13.5. The number of sulfone groups is 1. The molecule has 11 nitrogen and oxygen atoms in total. The lowest BCUT2D eigenvalue weighted by Crippen LogP contribution is -2.36. The molecule has 0 aliphatic heterocycles. The fourth-order valence-corrected chi connectivity index (χ4v) is 6.11. The minimum atomic E-state index is -3.72. The molecular formula is C32H36N6O5S. The first-order valence-corrected chi connectivity index (χ1v) is 16.6. The smallest absolute Gasteiger partial charge is 0.415 e. The second-order valence-electron chi connectivity index (χ2n) is 12.7. The molecule has 0 bridgehead atoms. The van der Waals surface area contributed by atoms with Gasteiger partial charge >= 0.3 is 6.09 Å². The van der Waals surface area contributed by atoms with Crippen molar-refractivity contribution < 1.29 is 22.7 Å². The highest BCUT2D eigenvalue weighted by Gasteiger charge is 2.46. The van der Waals surface area contributed by atoms with Crippen molar-refractivity contribution in [2.75, 3.05) is 16.5 Å². The van der Waals surface area contributed by atoms with E-state index in [9.17, 15) is 18.0 Å². The summed E-state index contributed by atoms with van der Waals surface area (Å²) in [6, 6.07) is 10.3. The van der Waals surface area contributed by atoms with Gasteiger partial charge < -0.3 is 14.5 Å². The van der Waals surface area contributed by atoms with Crippen LogP contribution >= 0.6 is 0 Å². The highest BCUT2D eigenvalue weighted by molar-refractivity contribution is 7.90. The number of rotatable bonds is 8. The van der Waals surface area contributed by atoms with Gasteiger partial charge in [-0.3, -0.25) is 9.69 Å². The summed E-state index contributed by atoms with van der Waals surface area (Å²) in [5, 5.41) is 2.81. The molecule has 0 saturated heterocycles. The van der Waals surface area contributed by atoms with Crippen molar-refractivity contribution in [3.63, 3.8) is 0 Å². The van der Waals surface area contributed by atoms with Crippen LogP contribution in [0.15, 0.2) is 59.9 Å². The largest absolute Gasteiger partial charge is 0.443 e. The second-order valence-corrected chi connectivity index (χ2v) is 14.7. The summed E-state index contributed by atoms with van der Waals surface area (Å²) in [4.78, 5) is 41.7. The van der Waals surface area contributed by atoms with E-state index in [-0.39, 0.29) is 29.0 Å². The van der Waals surface area contributed by atoms with Crippen molar-refractivity contribution in [3.05, 3.63) is 77.8 Å². The number of fused-ring (bicyclic) bond motifs is 1. The number of hydrogen-bond acceptors (Lipinski definition) is 8. The van der Waals surface area contributed by atoms with Crippen molar-refractivity contribution in [2.24, 2.45) is 5.92 Å². The van der Waals surface area contributed by atoms with Crippen LogP contribution in [0.5, 0.6) is 0 Å². The third kappa shape index (κ3) is 6.59. The lowest BCUT2D eigenvalue weighted by atomic mass is 10.2. The first-order valence-electron chi connectivity index (χ1n) is 14.7. The van der Waals surface area contributed by atoms with Crippen LogP contribution in [0.3, 0.4) is 0 Å².